The number of aryl methyl sites for hydroxylation is 1. The van der Waals surface area contributed by atoms with E-state index < -0.39 is 0 Å². The number of hydrogen-bond donors (Lipinski definition) is 1. The number of benzene rings is 2. The molecule has 1 aromatic heterocycles. The van der Waals surface area contributed by atoms with Gasteiger partial charge in [-0.15, -0.1) is 0 Å². The predicted molar refractivity (Wildman–Crippen MR) is 118 cm³/mol. The standard InChI is InChI=1S/C23H26N4O4/c1-17-25-21(27-10-13-29-14-11-27)15-23(26-17)30-12-9-24-22(28)16-31-20-8-4-6-18-5-2-3-7-19(18)20/h2-8,15H,9-14,16H2,1H3,(H,24,28). The van der Waals surface area contributed by atoms with Crippen LogP contribution in [0.3, 0.4) is 0 Å². The number of nitrogens with one attached hydrogen (secondary N) is 1. The summed E-state index contributed by atoms with van der Waals surface area (Å²) in [4.78, 5) is 23.1. The van der Waals surface area contributed by atoms with Crippen molar-refractivity contribution in [1.82, 2.24) is 15.3 Å². The molecule has 1 aliphatic rings. The third-order valence-corrected chi connectivity index (χ3v) is 4.92. The molecule has 0 radical (unpaired) electrons. The Morgan fingerprint density at radius 2 is 1.90 bits per heavy atom. The summed E-state index contributed by atoms with van der Waals surface area (Å²) in [5, 5.41) is 4.86. The summed E-state index contributed by atoms with van der Waals surface area (Å²) < 4.78 is 16.8. The van der Waals surface area contributed by atoms with Crippen LogP contribution in [0.25, 0.3) is 10.8 Å². The van der Waals surface area contributed by atoms with Crippen LogP contribution < -0.4 is 19.7 Å². The molecule has 1 saturated heterocycles. The molecule has 2 aromatic carbocycles. The number of rotatable bonds is 8. The van der Waals surface area contributed by atoms with Crippen LogP contribution in [-0.2, 0) is 9.53 Å². The lowest BCUT2D eigenvalue weighted by Crippen LogP contribution is -2.37. The lowest BCUT2D eigenvalue weighted by atomic mass is 10.1. The normalized spacial score (nSPS) is 13.8. The number of hydrogen-bond acceptors (Lipinski definition) is 7. The van der Waals surface area contributed by atoms with Gasteiger partial charge >= 0.3 is 0 Å². The van der Waals surface area contributed by atoms with E-state index in [1.54, 1.807) is 0 Å². The molecule has 0 saturated carbocycles. The van der Waals surface area contributed by atoms with Gasteiger partial charge in [-0.25, -0.2) is 4.98 Å². The second-order valence-electron chi connectivity index (χ2n) is 7.18. The van der Waals surface area contributed by atoms with Crippen molar-refractivity contribution in [3.63, 3.8) is 0 Å². The Hall–Kier alpha value is -3.39. The van der Waals surface area contributed by atoms with E-state index in [9.17, 15) is 4.79 Å². The van der Waals surface area contributed by atoms with E-state index in [2.05, 4.69) is 20.2 Å². The highest BCUT2D eigenvalue weighted by Gasteiger charge is 2.14. The number of fused-ring (bicyclic) bond motifs is 1. The first-order valence-electron chi connectivity index (χ1n) is 10.4. The van der Waals surface area contributed by atoms with Gasteiger partial charge in [-0.05, 0) is 18.4 Å². The fourth-order valence-electron chi connectivity index (χ4n) is 3.42. The molecule has 1 N–H and O–H groups in total. The SMILES string of the molecule is Cc1nc(OCCNC(=O)COc2cccc3ccccc23)cc(N2CCOCC2)n1. The van der Waals surface area contributed by atoms with Gasteiger partial charge in [0.25, 0.3) is 5.91 Å². The quantitative estimate of drug-likeness (QED) is 0.558. The van der Waals surface area contributed by atoms with E-state index in [0.717, 1.165) is 29.7 Å². The molecule has 0 spiro atoms. The molecule has 1 amide bonds. The maximum Gasteiger partial charge on any atom is 0.258 e. The van der Waals surface area contributed by atoms with Crippen molar-refractivity contribution < 1.29 is 19.0 Å². The van der Waals surface area contributed by atoms with Gasteiger partial charge in [0.15, 0.2) is 6.61 Å². The minimum atomic E-state index is -0.204. The number of ether oxygens (including phenoxy) is 3. The van der Waals surface area contributed by atoms with Crippen molar-refractivity contribution in [1.29, 1.82) is 0 Å². The molecule has 1 fully saturated rings. The number of nitrogens with zero attached hydrogens (tertiary/aromatic N) is 3. The van der Waals surface area contributed by atoms with Crippen molar-refractivity contribution in [3.05, 3.63) is 54.4 Å². The van der Waals surface area contributed by atoms with Crippen molar-refractivity contribution in [2.24, 2.45) is 0 Å². The Labute approximate surface area is 181 Å². The third-order valence-electron chi connectivity index (χ3n) is 4.92. The van der Waals surface area contributed by atoms with Crippen LogP contribution in [0.15, 0.2) is 48.5 Å². The van der Waals surface area contributed by atoms with E-state index in [-0.39, 0.29) is 12.5 Å². The summed E-state index contributed by atoms with van der Waals surface area (Å²) in [5.74, 6) is 2.46. The molecule has 162 valence electrons. The molecular weight excluding hydrogens is 396 g/mol. The van der Waals surface area contributed by atoms with Crippen molar-refractivity contribution in [3.8, 4) is 11.6 Å². The van der Waals surface area contributed by atoms with Gasteiger partial charge in [0.05, 0.1) is 19.8 Å². The van der Waals surface area contributed by atoms with Gasteiger partial charge in [-0.2, -0.15) is 4.98 Å². The summed E-state index contributed by atoms with van der Waals surface area (Å²) in [6.45, 7) is 5.40. The van der Waals surface area contributed by atoms with E-state index in [0.29, 0.717) is 43.8 Å². The Morgan fingerprint density at radius 1 is 1.10 bits per heavy atom. The highest BCUT2D eigenvalue weighted by molar-refractivity contribution is 5.88. The van der Waals surface area contributed by atoms with Crippen LogP contribution in [0.5, 0.6) is 11.6 Å². The molecule has 31 heavy (non-hydrogen) atoms. The van der Waals surface area contributed by atoms with E-state index in [1.165, 1.54) is 0 Å². The first-order valence-corrected chi connectivity index (χ1v) is 10.4. The molecule has 2 heterocycles. The fraction of sp³-hybridized carbons (Fsp3) is 0.348. The molecule has 8 nitrogen and oxygen atoms in total. The van der Waals surface area contributed by atoms with Gasteiger partial charge in [0.1, 0.15) is 24.0 Å². The Balaban J connectivity index is 1.23. The smallest absolute Gasteiger partial charge is 0.258 e. The number of morpholine rings is 1. The maximum absolute atomic E-state index is 12.1. The molecule has 4 rings (SSSR count). The van der Waals surface area contributed by atoms with Crippen LogP contribution in [0.1, 0.15) is 5.82 Å². The molecule has 1 aliphatic heterocycles. The lowest BCUT2D eigenvalue weighted by molar-refractivity contribution is -0.123. The summed E-state index contributed by atoms with van der Waals surface area (Å²) in [6, 6.07) is 15.5. The largest absolute Gasteiger partial charge is 0.483 e. The van der Waals surface area contributed by atoms with Crippen LogP contribution in [0.4, 0.5) is 5.82 Å². The van der Waals surface area contributed by atoms with Gasteiger partial charge in [-0.3, -0.25) is 4.79 Å². The van der Waals surface area contributed by atoms with Crippen LogP contribution >= 0.6 is 0 Å². The maximum atomic E-state index is 12.1. The fourth-order valence-corrected chi connectivity index (χ4v) is 3.42. The Kier molecular flexibility index (Phi) is 6.78. The number of amides is 1. The van der Waals surface area contributed by atoms with Crippen LogP contribution in [0, 0.1) is 6.92 Å². The molecule has 0 unspecified atom stereocenters. The van der Waals surface area contributed by atoms with Crippen molar-refractivity contribution in [2.75, 3.05) is 51.0 Å². The van der Waals surface area contributed by atoms with Crippen molar-refractivity contribution in [2.45, 2.75) is 6.92 Å². The average Bonchev–Trinajstić information content (AvgIpc) is 2.81. The molecule has 3 aromatic rings. The zero-order valence-corrected chi connectivity index (χ0v) is 17.5. The first kappa shape index (κ1) is 20.9. The molecule has 0 bridgehead atoms. The first-order chi connectivity index (χ1) is 15.2. The number of aromatic nitrogens is 2. The summed E-state index contributed by atoms with van der Waals surface area (Å²) in [5.41, 5.74) is 0. The van der Waals surface area contributed by atoms with E-state index in [4.69, 9.17) is 14.2 Å². The van der Waals surface area contributed by atoms with Gasteiger partial charge in [-0.1, -0.05) is 36.4 Å². The van der Waals surface area contributed by atoms with Crippen molar-refractivity contribution >= 4 is 22.5 Å². The van der Waals surface area contributed by atoms with Crippen LogP contribution in [-0.4, -0.2) is 61.9 Å². The minimum Gasteiger partial charge on any atom is -0.483 e. The predicted octanol–water partition coefficient (Wildman–Crippen LogP) is 2.35. The van der Waals surface area contributed by atoms with Crippen LogP contribution in [0.2, 0.25) is 0 Å². The Bertz CT molecular complexity index is 1030. The van der Waals surface area contributed by atoms with E-state index in [1.807, 2.05) is 55.5 Å². The second-order valence-corrected chi connectivity index (χ2v) is 7.18. The summed E-state index contributed by atoms with van der Waals surface area (Å²) >= 11 is 0. The third kappa shape index (κ3) is 5.61. The highest BCUT2D eigenvalue weighted by Crippen LogP contribution is 2.25. The van der Waals surface area contributed by atoms with Gasteiger partial charge in [0, 0.05) is 24.5 Å². The van der Waals surface area contributed by atoms with E-state index >= 15 is 0 Å². The summed E-state index contributed by atoms with van der Waals surface area (Å²) in [7, 11) is 0. The molecule has 8 heteroatoms. The number of carbonyl (C=O) groups is 1. The number of anilines is 1. The molecular formula is C23H26N4O4. The van der Waals surface area contributed by atoms with Gasteiger partial charge < -0.3 is 24.4 Å². The zero-order valence-electron chi connectivity index (χ0n) is 17.5. The van der Waals surface area contributed by atoms with Gasteiger partial charge in [0.2, 0.25) is 5.88 Å². The topological polar surface area (TPSA) is 85.8 Å². The molecule has 0 atom stereocenters. The molecule has 0 aliphatic carbocycles. The lowest BCUT2D eigenvalue weighted by Gasteiger charge is -2.28. The summed E-state index contributed by atoms with van der Waals surface area (Å²) in [6.07, 6.45) is 0. The minimum absolute atomic E-state index is 0.0538. The number of carbonyl (C=O) groups excluding carboxylic acids is 1. The monoisotopic (exact) mass is 422 g/mol. The highest BCUT2D eigenvalue weighted by atomic mass is 16.5. The zero-order chi connectivity index (χ0) is 21.5. The average molecular weight is 422 g/mol. The second kappa shape index (κ2) is 10.1. The Morgan fingerprint density at radius 3 is 2.77 bits per heavy atom.